The summed E-state index contributed by atoms with van der Waals surface area (Å²) < 4.78 is 22.2. The van der Waals surface area contributed by atoms with E-state index in [1.165, 1.54) is 0 Å². The van der Waals surface area contributed by atoms with Gasteiger partial charge in [-0.15, -0.1) is 0 Å². The highest BCUT2D eigenvalue weighted by Gasteiger charge is 2.23. The molecular weight excluding hydrogens is 388 g/mol. The number of nitrogens with zero attached hydrogens (tertiary/aromatic N) is 1. The van der Waals surface area contributed by atoms with E-state index < -0.39 is 0 Å². The predicted octanol–water partition coefficient (Wildman–Crippen LogP) is 4.09. The monoisotopic (exact) mass is 416 g/mol. The fraction of sp³-hybridized carbons (Fsp3) is 0.409. The molecule has 1 unspecified atom stereocenters. The number of nitrogens with one attached hydrogen (secondary N) is 1. The summed E-state index contributed by atoms with van der Waals surface area (Å²) in [5, 5.41) is 3.95. The summed E-state index contributed by atoms with van der Waals surface area (Å²) in [5.74, 6) is 2.20. The third-order valence-corrected chi connectivity index (χ3v) is 5.26. The molecule has 2 aromatic carbocycles. The van der Waals surface area contributed by atoms with Gasteiger partial charge in [0.2, 0.25) is 0 Å². The van der Waals surface area contributed by atoms with Crippen molar-refractivity contribution >= 4 is 23.0 Å². The van der Waals surface area contributed by atoms with Crippen molar-refractivity contribution in [1.82, 2.24) is 4.90 Å². The number of ether oxygens (including phenoxy) is 4. The highest BCUT2D eigenvalue weighted by Crippen LogP contribution is 2.32. The second-order valence-corrected chi connectivity index (χ2v) is 7.22. The number of para-hydroxylation sites is 1. The van der Waals surface area contributed by atoms with Crippen LogP contribution < -0.4 is 19.5 Å². The maximum Gasteiger partial charge on any atom is 0.173 e. The third kappa shape index (κ3) is 5.52. The quantitative estimate of drug-likeness (QED) is 0.651. The van der Waals surface area contributed by atoms with E-state index in [0.717, 1.165) is 42.2 Å². The Labute approximate surface area is 177 Å². The van der Waals surface area contributed by atoms with Gasteiger partial charge in [-0.25, -0.2) is 0 Å². The van der Waals surface area contributed by atoms with E-state index in [2.05, 4.69) is 10.2 Å². The van der Waals surface area contributed by atoms with Gasteiger partial charge in [-0.1, -0.05) is 18.2 Å². The van der Waals surface area contributed by atoms with Crippen molar-refractivity contribution in [2.45, 2.75) is 25.5 Å². The third-order valence-electron chi connectivity index (χ3n) is 4.90. The van der Waals surface area contributed by atoms with E-state index in [1.807, 2.05) is 42.5 Å². The maximum atomic E-state index is 5.85. The molecule has 3 rings (SSSR count). The molecule has 1 aliphatic rings. The number of anilines is 1. The Kier molecular flexibility index (Phi) is 7.55. The van der Waals surface area contributed by atoms with Crippen LogP contribution in [0.4, 0.5) is 5.69 Å². The van der Waals surface area contributed by atoms with Crippen molar-refractivity contribution in [3.63, 3.8) is 0 Å². The number of hydrogen-bond donors (Lipinski definition) is 1. The Balaban J connectivity index is 1.81. The molecular formula is C22H28N2O4S. The van der Waals surface area contributed by atoms with Crippen LogP contribution in [0.2, 0.25) is 0 Å². The van der Waals surface area contributed by atoms with Crippen molar-refractivity contribution in [1.29, 1.82) is 0 Å². The Morgan fingerprint density at radius 3 is 2.66 bits per heavy atom. The minimum atomic E-state index is 0.164. The number of rotatable bonds is 8. The van der Waals surface area contributed by atoms with Gasteiger partial charge in [0.1, 0.15) is 5.75 Å². The second kappa shape index (κ2) is 10.3. The number of thiocarbonyl (C=S) groups is 1. The molecule has 0 aliphatic carbocycles. The highest BCUT2D eigenvalue weighted by molar-refractivity contribution is 7.80. The first-order valence-electron chi connectivity index (χ1n) is 9.66. The van der Waals surface area contributed by atoms with Gasteiger partial charge in [-0.3, -0.25) is 0 Å². The first kappa shape index (κ1) is 21.2. The van der Waals surface area contributed by atoms with Crippen LogP contribution in [-0.2, 0) is 11.3 Å². The summed E-state index contributed by atoms with van der Waals surface area (Å²) in [4.78, 5) is 2.11. The highest BCUT2D eigenvalue weighted by atomic mass is 32.1. The summed E-state index contributed by atoms with van der Waals surface area (Å²) in [5.41, 5.74) is 1.88. The molecule has 0 bridgehead atoms. The molecule has 0 radical (unpaired) electrons. The first-order chi connectivity index (χ1) is 14.1. The van der Waals surface area contributed by atoms with Crippen molar-refractivity contribution in [3.05, 3.63) is 48.0 Å². The average molecular weight is 417 g/mol. The predicted molar refractivity (Wildman–Crippen MR) is 118 cm³/mol. The van der Waals surface area contributed by atoms with Crippen LogP contribution >= 0.6 is 12.2 Å². The van der Waals surface area contributed by atoms with Gasteiger partial charge in [-0.05, 0) is 43.3 Å². The van der Waals surface area contributed by atoms with Crippen LogP contribution in [0.1, 0.15) is 18.4 Å². The first-order valence-corrected chi connectivity index (χ1v) is 10.1. The summed E-state index contributed by atoms with van der Waals surface area (Å²) >= 11 is 5.76. The summed E-state index contributed by atoms with van der Waals surface area (Å²) in [7, 11) is 4.94. The smallest absolute Gasteiger partial charge is 0.173 e. The molecule has 1 atom stereocenters. The molecule has 1 heterocycles. The van der Waals surface area contributed by atoms with Crippen molar-refractivity contribution in [3.8, 4) is 17.2 Å². The summed E-state index contributed by atoms with van der Waals surface area (Å²) in [6.07, 6.45) is 2.28. The van der Waals surface area contributed by atoms with Gasteiger partial charge < -0.3 is 29.2 Å². The Morgan fingerprint density at radius 2 is 1.97 bits per heavy atom. The minimum Gasteiger partial charge on any atom is -0.497 e. The molecule has 0 amide bonds. The van der Waals surface area contributed by atoms with E-state index >= 15 is 0 Å². The standard InChI is InChI=1S/C22H28N2O4S/c1-25-18-9-5-8-17(13-18)23-22(29)24(15-19-10-6-12-28-19)14-16-7-4-11-20(26-2)21(16)27-3/h4-5,7-9,11,13,19H,6,10,12,14-15H2,1-3H3,(H,23,29). The molecule has 1 aliphatic heterocycles. The van der Waals surface area contributed by atoms with E-state index in [1.54, 1.807) is 21.3 Å². The van der Waals surface area contributed by atoms with Gasteiger partial charge >= 0.3 is 0 Å². The lowest BCUT2D eigenvalue weighted by Gasteiger charge is -2.29. The van der Waals surface area contributed by atoms with Crippen molar-refractivity contribution in [2.24, 2.45) is 0 Å². The lowest BCUT2D eigenvalue weighted by Crippen LogP contribution is -2.39. The number of hydrogen-bond acceptors (Lipinski definition) is 5. The van der Waals surface area contributed by atoms with Crippen LogP contribution in [0.25, 0.3) is 0 Å². The molecule has 7 heteroatoms. The lowest BCUT2D eigenvalue weighted by molar-refractivity contribution is 0.0903. The molecule has 0 aromatic heterocycles. The second-order valence-electron chi connectivity index (χ2n) is 6.83. The molecule has 29 heavy (non-hydrogen) atoms. The van der Waals surface area contributed by atoms with Crippen LogP contribution in [0.15, 0.2) is 42.5 Å². The van der Waals surface area contributed by atoms with Gasteiger partial charge in [0.15, 0.2) is 16.6 Å². The number of methoxy groups -OCH3 is 3. The molecule has 1 saturated heterocycles. The lowest BCUT2D eigenvalue weighted by atomic mass is 10.1. The zero-order valence-corrected chi connectivity index (χ0v) is 18.0. The van der Waals surface area contributed by atoms with Gasteiger partial charge in [-0.2, -0.15) is 0 Å². The van der Waals surface area contributed by atoms with Crippen molar-refractivity contribution < 1.29 is 18.9 Å². The topological polar surface area (TPSA) is 52.2 Å². The molecule has 1 fully saturated rings. The molecule has 0 saturated carbocycles. The SMILES string of the molecule is COc1cccc(NC(=S)N(Cc2cccc(OC)c2OC)CC2CCCO2)c1. The van der Waals surface area contributed by atoms with E-state index in [0.29, 0.717) is 24.0 Å². The summed E-state index contributed by atoms with van der Waals surface area (Å²) in [6, 6.07) is 13.6. The fourth-order valence-corrected chi connectivity index (χ4v) is 3.70. The molecule has 2 aromatic rings. The van der Waals surface area contributed by atoms with Crippen LogP contribution in [0, 0.1) is 0 Å². The van der Waals surface area contributed by atoms with E-state index in [4.69, 9.17) is 31.2 Å². The Bertz CT molecular complexity index is 824. The molecule has 1 N–H and O–H groups in total. The van der Waals surface area contributed by atoms with Crippen LogP contribution in [-0.4, -0.2) is 50.6 Å². The largest absolute Gasteiger partial charge is 0.497 e. The molecule has 0 spiro atoms. The number of benzene rings is 2. The zero-order chi connectivity index (χ0) is 20.6. The average Bonchev–Trinajstić information content (AvgIpc) is 3.26. The zero-order valence-electron chi connectivity index (χ0n) is 17.1. The molecule has 156 valence electrons. The van der Waals surface area contributed by atoms with Gasteiger partial charge in [0.05, 0.1) is 27.4 Å². The fourth-order valence-electron chi connectivity index (χ4n) is 3.44. The molecule has 6 nitrogen and oxygen atoms in total. The van der Waals surface area contributed by atoms with Gasteiger partial charge in [0.25, 0.3) is 0 Å². The maximum absolute atomic E-state index is 5.85. The van der Waals surface area contributed by atoms with Gasteiger partial charge in [0, 0.05) is 37.0 Å². The Morgan fingerprint density at radius 1 is 1.14 bits per heavy atom. The minimum absolute atomic E-state index is 0.164. The summed E-state index contributed by atoms with van der Waals surface area (Å²) in [6.45, 7) is 2.09. The Hall–Kier alpha value is -2.51. The van der Waals surface area contributed by atoms with Crippen molar-refractivity contribution in [2.75, 3.05) is 39.8 Å². The van der Waals surface area contributed by atoms with Crippen LogP contribution in [0.5, 0.6) is 17.2 Å². The van der Waals surface area contributed by atoms with E-state index in [-0.39, 0.29) is 6.10 Å². The van der Waals surface area contributed by atoms with E-state index in [9.17, 15) is 0 Å². The normalized spacial score (nSPS) is 15.6. The van der Waals surface area contributed by atoms with Crippen LogP contribution in [0.3, 0.4) is 0 Å².